The first-order chi connectivity index (χ1) is 12.6. The lowest BCUT2D eigenvalue weighted by molar-refractivity contribution is 0.102. The van der Waals surface area contributed by atoms with Crippen molar-refractivity contribution in [3.05, 3.63) is 42.1 Å². The van der Waals surface area contributed by atoms with E-state index in [4.69, 9.17) is 16.2 Å². The van der Waals surface area contributed by atoms with Gasteiger partial charge in [-0.05, 0) is 30.3 Å². The van der Waals surface area contributed by atoms with Crippen molar-refractivity contribution < 1.29 is 9.53 Å². The molecule has 0 atom stereocenters. The Balaban J connectivity index is 1.66. The van der Waals surface area contributed by atoms with Crippen LogP contribution in [0.5, 0.6) is 0 Å². The number of carbonyl (C=O) groups is 1. The summed E-state index contributed by atoms with van der Waals surface area (Å²) in [7, 11) is 0. The first-order valence-corrected chi connectivity index (χ1v) is 8.38. The number of carbonyl (C=O) groups excluding carboxylic acids is 1. The summed E-state index contributed by atoms with van der Waals surface area (Å²) in [4.78, 5) is 15.0. The van der Waals surface area contributed by atoms with E-state index in [9.17, 15) is 4.79 Å². The van der Waals surface area contributed by atoms with E-state index in [0.717, 1.165) is 16.6 Å². The molecule has 4 rings (SSSR count). The third-order valence-electron chi connectivity index (χ3n) is 4.50. The van der Waals surface area contributed by atoms with Gasteiger partial charge in [0, 0.05) is 24.2 Å². The standard InChI is InChI=1S/C18H20N6O2/c19-14-8-13(17(9-15(14)20)24-3-5-26-6-4-24)18(25)22-12-1-2-16-11(7-12)10-21-23-16/h1-2,7-10H,3-6,19-20H2,(H,21,23)(H,22,25). The van der Waals surface area contributed by atoms with Crippen LogP contribution in [-0.4, -0.2) is 42.4 Å². The van der Waals surface area contributed by atoms with Crippen LogP contribution in [-0.2, 0) is 4.74 Å². The Hall–Kier alpha value is -3.26. The van der Waals surface area contributed by atoms with E-state index in [1.54, 1.807) is 18.3 Å². The van der Waals surface area contributed by atoms with Gasteiger partial charge in [0.2, 0.25) is 0 Å². The van der Waals surface area contributed by atoms with Gasteiger partial charge < -0.3 is 26.4 Å². The van der Waals surface area contributed by atoms with Crippen LogP contribution in [0.1, 0.15) is 10.4 Å². The fraction of sp³-hybridized carbons (Fsp3) is 0.222. The number of aromatic nitrogens is 2. The number of hydrogen-bond donors (Lipinski definition) is 4. The maximum Gasteiger partial charge on any atom is 0.257 e. The fourth-order valence-corrected chi connectivity index (χ4v) is 3.09. The van der Waals surface area contributed by atoms with Gasteiger partial charge >= 0.3 is 0 Å². The van der Waals surface area contributed by atoms with Crippen molar-refractivity contribution in [3.63, 3.8) is 0 Å². The van der Waals surface area contributed by atoms with Crippen molar-refractivity contribution in [2.24, 2.45) is 0 Å². The van der Waals surface area contributed by atoms with E-state index in [1.807, 2.05) is 18.2 Å². The summed E-state index contributed by atoms with van der Waals surface area (Å²) in [5.41, 5.74) is 15.6. The highest BCUT2D eigenvalue weighted by atomic mass is 16.5. The molecule has 1 aromatic heterocycles. The lowest BCUT2D eigenvalue weighted by Crippen LogP contribution is -2.37. The maximum absolute atomic E-state index is 12.9. The zero-order valence-corrected chi connectivity index (χ0v) is 14.2. The number of amides is 1. The van der Waals surface area contributed by atoms with Gasteiger partial charge in [-0.15, -0.1) is 0 Å². The molecule has 8 nitrogen and oxygen atoms in total. The van der Waals surface area contributed by atoms with E-state index < -0.39 is 0 Å². The molecule has 134 valence electrons. The molecule has 0 radical (unpaired) electrons. The lowest BCUT2D eigenvalue weighted by Gasteiger charge is -2.30. The highest BCUT2D eigenvalue weighted by molar-refractivity contribution is 6.10. The Bertz CT molecular complexity index is 961. The molecule has 1 aliphatic heterocycles. The normalized spacial score (nSPS) is 14.5. The van der Waals surface area contributed by atoms with Gasteiger partial charge in [-0.2, -0.15) is 5.10 Å². The van der Waals surface area contributed by atoms with E-state index >= 15 is 0 Å². The molecular weight excluding hydrogens is 332 g/mol. The smallest absolute Gasteiger partial charge is 0.257 e. The molecule has 0 aliphatic carbocycles. The molecule has 8 heteroatoms. The van der Waals surface area contributed by atoms with Crippen LogP contribution in [0, 0.1) is 0 Å². The molecule has 0 bridgehead atoms. The minimum absolute atomic E-state index is 0.235. The average Bonchev–Trinajstić information content (AvgIpc) is 3.12. The van der Waals surface area contributed by atoms with Gasteiger partial charge in [0.15, 0.2) is 0 Å². The number of benzene rings is 2. The number of nitrogen functional groups attached to an aromatic ring is 2. The highest BCUT2D eigenvalue weighted by Crippen LogP contribution is 2.30. The molecule has 1 saturated heterocycles. The number of anilines is 4. The Morgan fingerprint density at radius 3 is 2.73 bits per heavy atom. The molecule has 6 N–H and O–H groups in total. The molecule has 3 aromatic rings. The van der Waals surface area contributed by atoms with E-state index in [1.165, 1.54) is 0 Å². The monoisotopic (exact) mass is 352 g/mol. The Morgan fingerprint density at radius 2 is 1.92 bits per heavy atom. The SMILES string of the molecule is Nc1cc(C(=O)Nc2ccc3[nH]ncc3c2)c(N2CCOCC2)cc1N. The van der Waals surface area contributed by atoms with Crippen LogP contribution in [0.15, 0.2) is 36.5 Å². The third kappa shape index (κ3) is 3.02. The number of fused-ring (bicyclic) bond motifs is 1. The van der Waals surface area contributed by atoms with Crippen molar-refractivity contribution in [2.75, 3.05) is 48.0 Å². The second kappa shape index (κ2) is 6.57. The highest BCUT2D eigenvalue weighted by Gasteiger charge is 2.21. The molecule has 1 aliphatic rings. The molecule has 1 fully saturated rings. The van der Waals surface area contributed by atoms with Crippen molar-refractivity contribution in [1.82, 2.24) is 10.2 Å². The number of nitrogens with two attached hydrogens (primary N) is 2. The van der Waals surface area contributed by atoms with Gasteiger partial charge in [-0.3, -0.25) is 9.89 Å². The Kier molecular flexibility index (Phi) is 4.10. The van der Waals surface area contributed by atoms with Crippen molar-refractivity contribution in [2.45, 2.75) is 0 Å². The second-order valence-electron chi connectivity index (χ2n) is 6.22. The summed E-state index contributed by atoms with van der Waals surface area (Å²) < 4.78 is 5.40. The molecule has 2 aromatic carbocycles. The first kappa shape index (κ1) is 16.2. The maximum atomic E-state index is 12.9. The molecule has 2 heterocycles. The Labute approximate surface area is 150 Å². The fourth-order valence-electron chi connectivity index (χ4n) is 3.09. The second-order valence-corrected chi connectivity index (χ2v) is 6.22. The van der Waals surface area contributed by atoms with Crippen molar-refractivity contribution in [3.8, 4) is 0 Å². The van der Waals surface area contributed by atoms with Crippen LogP contribution in [0.25, 0.3) is 10.9 Å². The van der Waals surface area contributed by atoms with E-state index in [-0.39, 0.29) is 5.91 Å². The molecule has 0 saturated carbocycles. The number of H-pyrrole nitrogens is 1. The van der Waals surface area contributed by atoms with Crippen LogP contribution < -0.4 is 21.7 Å². The summed E-state index contributed by atoms with van der Waals surface area (Å²) in [6, 6.07) is 8.96. The van der Waals surface area contributed by atoms with Gasteiger partial charge in [-0.25, -0.2) is 0 Å². The van der Waals surface area contributed by atoms with Crippen LogP contribution in [0.2, 0.25) is 0 Å². The first-order valence-electron chi connectivity index (χ1n) is 8.38. The molecule has 0 unspecified atom stereocenters. The zero-order chi connectivity index (χ0) is 18.1. The quantitative estimate of drug-likeness (QED) is 0.533. The van der Waals surface area contributed by atoms with Crippen LogP contribution in [0.4, 0.5) is 22.7 Å². The molecule has 1 amide bonds. The molecule has 26 heavy (non-hydrogen) atoms. The number of nitrogens with one attached hydrogen (secondary N) is 2. The van der Waals surface area contributed by atoms with Gasteiger partial charge in [0.1, 0.15) is 0 Å². The van der Waals surface area contributed by atoms with E-state index in [2.05, 4.69) is 20.4 Å². The summed E-state index contributed by atoms with van der Waals surface area (Å²) in [6.07, 6.45) is 1.71. The largest absolute Gasteiger partial charge is 0.397 e. The van der Waals surface area contributed by atoms with Crippen molar-refractivity contribution >= 4 is 39.6 Å². The summed E-state index contributed by atoms with van der Waals surface area (Å²) in [5, 5.41) is 10.7. The Morgan fingerprint density at radius 1 is 1.15 bits per heavy atom. The predicted octanol–water partition coefficient (Wildman–Crippen LogP) is 1.82. The minimum Gasteiger partial charge on any atom is -0.397 e. The van der Waals surface area contributed by atoms with E-state index in [0.29, 0.717) is 48.9 Å². The summed E-state index contributed by atoms with van der Waals surface area (Å²) in [5.74, 6) is -0.235. The lowest BCUT2D eigenvalue weighted by atomic mass is 10.1. The number of ether oxygens (including phenoxy) is 1. The molecular formula is C18H20N6O2. The van der Waals surface area contributed by atoms with Gasteiger partial charge in [-0.1, -0.05) is 0 Å². The zero-order valence-electron chi connectivity index (χ0n) is 14.2. The predicted molar refractivity (Wildman–Crippen MR) is 102 cm³/mol. The van der Waals surface area contributed by atoms with Crippen molar-refractivity contribution in [1.29, 1.82) is 0 Å². The minimum atomic E-state index is -0.235. The van der Waals surface area contributed by atoms with Gasteiger partial charge in [0.25, 0.3) is 5.91 Å². The summed E-state index contributed by atoms with van der Waals surface area (Å²) >= 11 is 0. The number of nitrogens with zero attached hydrogens (tertiary/aromatic N) is 2. The third-order valence-corrected chi connectivity index (χ3v) is 4.50. The molecule has 0 spiro atoms. The number of aromatic amines is 1. The number of hydrogen-bond acceptors (Lipinski definition) is 6. The van der Waals surface area contributed by atoms with Crippen LogP contribution in [0.3, 0.4) is 0 Å². The van der Waals surface area contributed by atoms with Gasteiger partial charge in [0.05, 0.1) is 47.6 Å². The average molecular weight is 352 g/mol. The summed E-state index contributed by atoms with van der Waals surface area (Å²) in [6.45, 7) is 2.63. The number of morpholine rings is 1. The number of rotatable bonds is 3. The topological polar surface area (TPSA) is 122 Å². The van der Waals surface area contributed by atoms with Crippen LogP contribution >= 0.6 is 0 Å².